The van der Waals surface area contributed by atoms with Crippen molar-refractivity contribution in [1.29, 1.82) is 0 Å². The number of hydrogen-bond donors (Lipinski definition) is 2. The van der Waals surface area contributed by atoms with Gasteiger partial charge in [-0.2, -0.15) is 0 Å². The SMILES string of the molecule is CC(C)(N)C(=O)N[C@H](CCC1CCCCC1)C(=O)N1CCC2(CC1)CC(=O)c1ccccc12. The molecule has 0 bridgehead atoms. The molecule has 1 aliphatic heterocycles. The zero-order valence-corrected chi connectivity index (χ0v) is 20.2. The second-order valence-electron chi connectivity index (χ2n) is 11.1. The van der Waals surface area contributed by atoms with Crippen molar-refractivity contribution >= 4 is 17.6 Å². The van der Waals surface area contributed by atoms with Gasteiger partial charge in [0.15, 0.2) is 5.78 Å². The Labute approximate surface area is 197 Å². The molecule has 2 amide bonds. The molecule has 6 heteroatoms. The maximum atomic E-state index is 13.6. The van der Waals surface area contributed by atoms with Crippen LogP contribution in [0.25, 0.3) is 0 Å². The van der Waals surface area contributed by atoms with E-state index in [0.29, 0.717) is 31.8 Å². The lowest BCUT2D eigenvalue weighted by atomic mass is 9.73. The number of piperidine rings is 1. The third-order valence-corrected chi connectivity index (χ3v) is 8.11. The molecule has 3 N–H and O–H groups in total. The number of nitrogens with zero attached hydrogens (tertiary/aromatic N) is 1. The van der Waals surface area contributed by atoms with Crippen molar-refractivity contribution in [2.75, 3.05) is 13.1 Å². The zero-order chi connectivity index (χ0) is 23.6. The lowest BCUT2D eigenvalue weighted by molar-refractivity contribution is -0.139. The average molecular weight is 454 g/mol. The highest BCUT2D eigenvalue weighted by Gasteiger charge is 2.46. The second kappa shape index (κ2) is 9.57. The maximum absolute atomic E-state index is 13.6. The minimum Gasteiger partial charge on any atom is -0.343 e. The van der Waals surface area contributed by atoms with Crippen LogP contribution in [-0.2, 0) is 15.0 Å². The molecule has 4 rings (SSSR count). The maximum Gasteiger partial charge on any atom is 0.245 e. The van der Waals surface area contributed by atoms with E-state index in [-0.39, 0.29) is 23.0 Å². The number of carbonyl (C=O) groups is 3. The third kappa shape index (κ3) is 5.16. The van der Waals surface area contributed by atoms with Crippen LogP contribution in [0.1, 0.15) is 94.0 Å². The van der Waals surface area contributed by atoms with Gasteiger partial charge in [0.1, 0.15) is 6.04 Å². The minimum absolute atomic E-state index is 0.00383. The lowest BCUT2D eigenvalue weighted by Gasteiger charge is -2.41. The molecule has 6 nitrogen and oxygen atoms in total. The van der Waals surface area contributed by atoms with Gasteiger partial charge >= 0.3 is 0 Å². The van der Waals surface area contributed by atoms with Crippen molar-refractivity contribution in [2.24, 2.45) is 11.7 Å². The van der Waals surface area contributed by atoms with E-state index in [2.05, 4.69) is 11.4 Å². The third-order valence-electron chi connectivity index (χ3n) is 8.11. The Hall–Kier alpha value is -2.21. The number of hydrogen-bond acceptors (Lipinski definition) is 4. The highest BCUT2D eigenvalue weighted by atomic mass is 16.2. The van der Waals surface area contributed by atoms with Crippen molar-refractivity contribution in [2.45, 2.75) is 95.1 Å². The normalized spacial score (nSPS) is 21.7. The Bertz CT molecular complexity index is 890. The molecule has 0 aromatic heterocycles. The highest BCUT2D eigenvalue weighted by Crippen LogP contribution is 2.46. The summed E-state index contributed by atoms with van der Waals surface area (Å²) in [5, 5.41) is 2.97. The summed E-state index contributed by atoms with van der Waals surface area (Å²) in [5.74, 6) is 0.569. The summed E-state index contributed by atoms with van der Waals surface area (Å²) >= 11 is 0. The van der Waals surface area contributed by atoms with Crippen LogP contribution < -0.4 is 11.1 Å². The average Bonchev–Trinajstić information content (AvgIpc) is 3.08. The van der Waals surface area contributed by atoms with Gasteiger partial charge in [0, 0.05) is 30.5 Å². The first kappa shape index (κ1) is 23.9. The van der Waals surface area contributed by atoms with Gasteiger partial charge in [-0.05, 0) is 51.0 Å². The number of nitrogens with one attached hydrogen (secondary N) is 1. The Morgan fingerprint density at radius 1 is 1.15 bits per heavy atom. The smallest absolute Gasteiger partial charge is 0.245 e. The fourth-order valence-corrected chi connectivity index (χ4v) is 5.99. The van der Waals surface area contributed by atoms with Crippen LogP contribution in [0.3, 0.4) is 0 Å². The van der Waals surface area contributed by atoms with Crippen LogP contribution in [0.2, 0.25) is 0 Å². The predicted molar refractivity (Wildman–Crippen MR) is 129 cm³/mol. The molecule has 1 saturated heterocycles. The van der Waals surface area contributed by atoms with Crippen LogP contribution in [0.15, 0.2) is 24.3 Å². The number of fused-ring (bicyclic) bond motifs is 2. The second-order valence-corrected chi connectivity index (χ2v) is 11.1. The molecule has 1 atom stereocenters. The molecule has 1 spiro atoms. The van der Waals surface area contributed by atoms with Crippen LogP contribution in [-0.4, -0.2) is 47.2 Å². The van der Waals surface area contributed by atoms with E-state index in [1.807, 2.05) is 23.1 Å². The Kier molecular flexibility index (Phi) is 6.94. The number of ketones is 1. The first-order valence-electron chi connectivity index (χ1n) is 12.7. The summed E-state index contributed by atoms with van der Waals surface area (Å²) in [6.45, 7) is 4.57. The standard InChI is InChI=1S/C27H39N3O3/c1-26(2,28)25(33)29-22(13-12-19-8-4-3-5-9-19)24(32)30-16-14-27(15-17-30)18-23(31)20-10-6-7-11-21(20)27/h6-7,10-11,19,22H,3-5,8-9,12-18,28H2,1-2H3,(H,29,33)/t22-/m1/s1. The van der Waals surface area contributed by atoms with E-state index >= 15 is 0 Å². The van der Waals surface area contributed by atoms with Crippen molar-refractivity contribution < 1.29 is 14.4 Å². The van der Waals surface area contributed by atoms with Gasteiger partial charge in [-0.25, -0.2) is 0 Å². The Balaban J connectivity index is 1.42. The van der Waals surface area contributed by atoms with E-state index in [0.717, 1.165) is 30.4 Å². The number of carbonyl (C=O) groups excluding carboxylic acids is 3. The molecule has 0 unspecified atom stereocenters. The molecule has 1 aromatic carbocycles. The van der Waals surface area contributed by atoms with Crippen LogP contribution in [0.5, 0.6) is 0 Å². The van der Waals surface area contributed by atoms with Crippen LogP contribution in [0, 0.1) is 5.92 Å². The van der Waals surface area contributed by atoms with Gasteiger partial charge in [-0.3, -0.25) is 14.4 Å². The fourth-order valence-electron chi connectivity index (χ4n) is 5.99. The molecular formula is C27H39N3O3. The molecule has 180 valence electrons. The van der Waals surface area contributed by atoms with Gasteiger partial charge in [0.05, 0.1) is 5.54 Å². The quantitative estimate of drug-likeness (QED) is 0.687. The van der Waals surface area contributed by atoms with Crippen LogP contribution in [0.4, 0.5) is 0 Å². The molecule has 3 aliphatic rings. The highest BCUT2D eigenvalue weighted by molar-refractivity contribution is 6.02. The van der Waals surface area contributed by atoms with Crippen LogP contribution >= 0.6 is 0 Å². The predicted octanol–water partition coefficient (Wildman–Crippen LogP) is 3.72. The summed E-state index contributed by atoms with van der Waals surface area (Å²) < 4.78 is 0. The fraction of sp³-hybridized carbons (Fsp3) is 0.667. The summed E-state index contributed by atoms with van der Waals surface area (Å²) in [4.78, 5) is 40.7. The number of benzene rings is 1. The van der Waals surface area contributed by atoms with E-state index in [1.165, 1.54) is 32.1 Å². The molecule has 0 radical (unpaired) electrons. The van der Waals surface area contributed by atoms with Gasteiger partial charge in [-0.1, -0.05) is 56.4 Å². The zero-order valence-electron chi connectivity index (χ0n) is 20.2. The van der Waals surface area contributed by atoms with E-state index in [4.69, 9.17) is 5.73 Å². The molecule has 1 heterocycles. The monoisotopic (exact) mass is 453 g/mol. The summed E-state index contributed by atoms with van der Waals surface area (Å²) in [6, 6.07) is 7.40. The number of Topliss-reactive ketones (excluding diaryl/α,β-unsaturated/α-hetero) is 1. The summed E-state index contributed by atoms with van der Waals surface area (Å²) in [7, 11) is 0. The summed E-state index contributed by atoms with van der Waals surface area (Å²) in [6.07, 6.45) is 10.00. The largest absolute Gasteiger partial charge is 0.343 e. The molecule has 1 aromatic rings. The van der Waals surface area contributed by atoms with Gasteiger partial charge in [0.25, 0.3) is 0 Å². The minimum atomic E-state index is -1.02. The number of likely N-dealkylation sites (tertiary alicyclic amines) is 1. The Morgan fingerprint density at radius 2 is 1.82 bits per heavy atom. The van der Waals surface area contributed by atoms with Crippen molar-refractivity contribution in [1.82, 2.24) is 10.2 Å². The number of nitrogens with two attached hydrogens (primary N) is 1. The summed E-state index contributed by atoms with van der Waals surface area (Å²) in [5.41, 5.74) is 6.83. The van der Waals surface area contributed by atoms with Crippen molar-refractivity contribution in [3.8, 4) is 0 Å². The first-order valence-corrected chi connectivity index (χ1v) is 12.7. The molecule has 2 fully saturated rings. The topological polar surface area (TPSA) is 92.5 Å². The van der Waals surface area contributed by atoms with Crippen molar-refractivity contribution in [3.05, 3.63) is 35.4 Å². The van der Waals surface area contributed by atoms with Gasteiger partial charge in [-0.15, -0.1) is 0 Å². The molecule has 1 saturated carbocycles. The number of amides is 2. The number of rotatable bonds is 6. The molecule has 33 heavy (non-hydrogen) atoms. The Morgan fingerprint density at radius 3 is 2.48 bits per heavy atom. The van der Waals surface area contributed by atoms with Crippen molar-refractivity contribution in [3.63, 3.8) is 0 Å². The van der Waals surface area contributed by atoms with Gasteiger partial charge < -0.3 is 16.0 Å². The molecular weight excluding hydrogens is 414 g/mol. The van der Waals surface area contributed by atoms with E-state index in [1.54, 1.807) is 13.8 Å². The first-order chi connectivity index (χ1) is 15.7. The van der Waals surface area contributed by atoms with E-state index < -0.39 is 11.6 Å². The van der Waals surface area contributed by atoms with E-state index in [9.17, 15) is 14.4 Å². The lowest BCUT2D eigenvalue weighted by Crippen LogP contribution is -2.57. The van der Waals surface area contributed by atoms with Gasteiger partial charge in [0.2, 0.25) is 11.8 Å². The molecule has 2 aliphatic carbocycles.